The van der Waals surface area contributed by atoms with Crippen molar-refractivity contribution in [3.05, 3.63) is 27.7 Å². The van der Waals surface area contributed by atoms with Gasteiger partial charge in [0.05, 0.1) is 10.0 Å². The fourth-order valence-electron chi connectivity index (χ4n) is 3.63. The van der Waals surface area contributed by atoms with Crippen LogP contribution in [0.4, 0.5) is 0 Å². The Morgan fingerprint density at radius 1 is 1.29 bits per heavy atom. The van der Waals surface area contributed by atoms with E-state index in [9.17, 15) is 14.7 Å². The van der Waals surface area contributed by atoms with E-state index in [0.717, 1.165) is 0 Å². The Morgan fingerprint density at radius 3 is 2.67 bits per heavy atom. The smallest absolute Gasteiger partial charge is 0.246 e. The summed E-state index contributed by atoms with van der Waals surface area (Å²) in [5.74, 6) is -0.173. The van der Waals surface area contributed by atoms with Crippen LogP contribution in [-0.4, -0.2) is 40.4 Å². The van der Waals surface area contributed by atoms with Crippen molar-refractivity contribution >= 4 is 35.0 Å². The van der Waals surface area contributed by atoms with Crippen molar-refractivity contribution in [3.63, 3.8) is 0 Å². The molecule has 0 bridgehead atoms. The van der Waals surface area contributed by atoms with E-state index in [1.165, 1.54) is 6.07 Å². The molecule has 2 amide bonds. The number of fused-ring (bicyclic) bond motifs is 1. The molecule has 2 aliphatic rings. The Bertz CT molecular complexity index is 693. The highest BCUT2D eigenvalue weighted by Gasteiger charge is 2.45. The summed E-state index contributed by atoms with van der Waals surface area (Å²) in [7, 11) is 0. The van der Waals surface area contributed by atoms with Crippen LogP contribution < -0.4 is 5.32 Å². The summed E-state index contributed by atoms with van der Waals surface area (Å²) in [5.41, 5.74) is 0.565. The average Bonchev–Trinajstić information content (AvgIpc) is 2.54. The Labute approximate surface area is 150 Å². The number of nitrogens with one attached hydrogen (secondary N) is 1. The van der Waals surface area contributed by atoms with Crippen LogP contribution in [0.1, 0.15) is 38.2 Å². The fourth-order valence-corrected chi connectivity index (χ4v) is 4.10. The molecule has 1 aromatic carbocycles. The summed E-state index contributed by atoms with van der Waals surface area (Å²) in [5, 5.41) is 13.7. The molecule has 1 unspecified atom stereocenters. The molecule has 2 N–H and O–H groups in total. The quantitative estimate of drug-likeness (QED) is 0.840. The summed E-state index contributed by atoms with van der Waals surface area (Å²) in [4.78, 5) is 26.7. The molecule has 3 atom stereocenters. The number of hydrogen-bond donors (Lipinski definition) is 2. The van der Waals surface area contributed by atoms with Crippen LogP contribution >= 0.6 is 23.2 Å². The molecule has 2 fully saturated rings. The number of rotatable bonds is 2. The molecule has 1 aromatic rings. The van der Waals surface area contributed by atoms with Crippen LogP contribution in [0.5, 0.6) is 5.75 Å². The predicted molar refractivity (Wildman–Crippen MR) is 92.4 cm³/mol. The number of carbonyl (C=O) groups is 2. The highest BCUT2D eigenvalue weighted by atomic mass is 35.5. The van der Waals surface area contributed by atoms with Crippen molar-refractivity contribution < 1.29 is 14.7 Å². The molecule has 0 aliphatic carbocycles. The lowest BCUT2D eigenvalue weighted by molar-refractivity contribution is -0.152. The second-order valence-corrected chi connectivity index (χ2v) is 7.58. The first kappa shape index (κ1) is 17.4. The summed E-state index contributed by atoms with van der Waals surface area (Å²) in [6, 6.07) is 2.06. The van der Waals surface area contributed by atoms with E-state index in [-0.39, 0.29) is 29.4 Å². The molecule has 0 saturated carbocycles. The van der Waals surface area contributed by atoms with E-state index in [2.05, 4.69) is 5.32 Å². The van der Waals surface area contributed by atoms with Crippen molar-refractivity contribution in [1.82, 2.24) is 10.2 Å². The number of carbonyl (C=O) groups excluding carboxylic acids is 2. The van der Waals surface area contributed by atoms with Gasteiger partial charge in [-0.3, -0.25) is 9.59 Å². The van der Waals surface area contributed by atoms with Crippen LogP contribution in [0.2, 0.25) is 10.0 Å². The third kappa shape index (κ3) is 2.84. The molecule has 2 aliphatic heterocycles. The van der Waals surface area contributed by atoms with Gasteiger partial charge in [0.2, 0.25) is 11.8 Å². The largest absolute Gasteiger partial charge is 0.508 e. The van der Waals surface area contributed by atoms with E-state index in [1.54, 1.807) is 11.0 Å². The van der Waals surface area contributed by atoms with Crippen LogP contribution in [0.15, 0.2) is 12.1 Å². The van der Waals surface area contributed by atoms with Gasteiger partial charge in [0.15, 0.2) is 0 Å². The minimum absolute atomic E-state index is 0.0329. The first-order chi connectivity index (χ1) is 11.3. The molecule has 0 aromatic heterocycles. The zero-order chi connectivity index (χ0) is 17.6. The maximum atomic E-state index is 12.6. The minimum Gasteiger partial charge on any atom is -0.508 e. The fraction of sp³-hybridized carbons (Fsp3) is 0.529. The van der Waals surface area contributed by atoms with Gasteiger partial charge in [-0.05, 0) is 36.8 Å². The standard InChI is InChI=1S/C17H20Cl2N2O3/c1-8(2)15-17(24)21-6-5-9(7-11(21)16(23)20-15)13-12(22)4-3-10(18)14(13)19/h3-4,8-9,11,15,22H,5-7H2,1-2H3,(H,20,23)/t9?,11-,15-/m1/s1. The lowest BCUT2D eigenvalue weighted by Crippen LogP contribution is -2.66. The molecule has 24 heavy (non-hydrogen) atoms. The van der Waals surface area contributed by atoms with E-state index in [4.69, 9.17) is 23.2 Å². The van der Waals surface area contributed by atoms with Gasteiger partial charge < -0.3 is 15.3 Å². The highest BCUT2D eigenvalue weighted by Crippen LogP contribution is 2.43. The van der Waals surface area contributed by atoms with Crippen molar-refractivity contribution in [2.75, 3.05) is 6.54 Å². The van der Waals surface area contributed by atoms with Gasteiger partial charge in [0.25, 0.3) is 0 Å². The molecular weight excluding hydrogens is 351 g/mol. The molecule has 2 saturated heterocycles. The monoisotopic (exact) mass is 370 g/mol. The van der Waals surface area contributed by atoms with Gasteiger partial charge >= 0.3 is 0 Å². The number of hydrogen-bond acceptors (Lipinski definition) is 3. The summed E-state index contributed by atoms with van der Waals surface area (Å²) in [6.07, 6.45) is 1.06. The number of piperazine rings is 1. The van der Waals surface area contributed by atoms with Gasteiger partial charge in [-0.25, -0.2) is 0 Å². The lowest BCUT2D eigenvalue weighted by Gasteiger charge is -2.45. The van der Waals surface area contributed by atoms with E-state index < -0.39 is 12.1 Å². The summed E-state index contributed by atoms with van der Waals surface area (Å²) in [6.45, 7) is 4.30. The maximum absolute atomic E-state index is 12.6. The predicted octanol–water partition coefficient (Wildman–Crippen LogP) is 2.93. The van der Waals surface area contributed by atoms with Crippen molar-refractivity contribution in [2.24, 2.45) is 5.92 Å². The third-order valence-electron chi connectivity index (χ3n) is 4.94. The van der Waals surface area contributed by atoms with Gasteiger partial charge in [-0.1, -0.05) is 37.0 Å². The van der Waals surface area contributed by atoms with E-state index in [1.807, 2.05) is 13.8 Å². The topological polar surface area (TPSA) is 69.6 Å². The molecule has 130 valence electrons. The average molecular weight is 371 g/mol. The Hall–Kier alpha value is -1.46. The molecule has 0 radical (unpaired) electrons. The SMILES string of the molecule is CC(C)[C@H]1NC(=O)[C@H]2CC(c3c(O)ccc(Cl)c3Cl)CCN2C1=O. The number of phenols is 1. The van der Waals surface area contributed by atoms with Crippen LogP contribution in [0, 0.1) is 5.92 Å². The number of halogens is 2. The molecule has 3 rings (SSSR count). The normalized spacial score (nSPS) is 27.2. The maximum Gasteiger partial charge on any atom is 0.246 e. The van der Waals surface area contributed by atoms with E-state index in [0.29, 0.717) is 35.0 Å². The number of piperidine rings is 1. The first-order valence-electron chi connectivity index (χ1n) is 8.09. The van der Waals surface area contributed by atoms with Crippen LogP contribution in [-0.2, 0) is 9.59 Å². The second kappa shape index (κ2) is 6.45. The summed E-state index contributed by atoms with van der Waals surface area (Å²) >= 11 is 12.3. The van der Waals surface area contributed by atoms with E-state index >= 15 is 0 Å². The molecule has 0 spiro atoms. The van der Waals surface area contributed by atoms with Crippen molar-refractivity contribution in [1.29, 1.82) is 0 Å². The van der Waals surface area contributed by atoms with Gasteiger partial charge in [-0.15, -0.1) is 0 Å². The van der Waals surface area contributed by atoms with Gasteiger partial charge in [0.1, 0.15) is 17.8 Å². The number of amides is 2. The first-order valence-corrected chi connectivity index (χ1v) is 8.84. The number of aromatic hydroxyl groups is 1. The number of benzene rings is 1. The molecule has 2 heterocycles. The molecular formula is C17H20Cl2N2O3. The summed E-state index contributed by atoms with van der Waals surface area (Å²) < 4.78 is 0. The van der Waals surface area contributed by atoms with Crippen molar-refractivity contribution in [3.8, 4) is 5.75 Å². The Balaban J connectivity index is 1.87. The Morgan fingerprint density at radius 2 is 2.00 bits per heavy atom. The highest BCUT2D eigenvalue weighted by molar-refractivity contribution is 6.42. The lowest BCUT2D eigenvalue weighted by atomic mass is 9.82. The second-order valence-electron chi connectivity index (χ2n) is 6.79. The zero-order valence-corrected chi connectivity index (χ0v) is 15.1. The molecule has 7 heteroatoms. The zero-order valence-electron chi connectivity index (χ0n) is 13.6. The van der Waals surface area contributed by atoms with Crippen LogP contribution in [0.25, 0.3) is 0 Å². The number of nitrogens with zero attached hydrogens (tertiary/aromatic N) is 1. The Kier molecular flexibility index (Phi) is 4.67. The van der Waals surface area contributed by atoms with Crippen molar-refractivity contribution in [2.45, 2.75) is 44.7 Å². The number of phenolic OH excluding ortho intramolecular Hbond substituents is 1. The van der Waals surface area contributed by atoms with Gasteiger partial charge in [0, 0.05) is 12.1 Å². The minimum atomic E-state index is -0.527. The molecule has 5 nitrogen and oxygen atoms in total. The third-order valence-corrected chi connectivity index (χ3v) is 5.76. The van der Waals surface area contributed by atoms with Crippen LogP contribution in [0.3, 0.4) is 0 Å². The van der Waals surface area contributed by atoms with Gasteiger partial charge in [-0.2, -0.15) is 0 Å².